The molecule has 2 aromatic heterocycles. The van der Waals surface area contributed by atoms with Gasteiger partial charge in [-0.3, -0.25) is 0 Å². The Hall–Kier alpha value is -2.96. The van der Waals surface area contributed by atoms with Crippen LogP contribution in [0.2, 0.25) is 0 Å². The second-order valence-corrected chi connectivity index (χ2v) is 10.0. The van der Waals surface area contributed by atoms with E-state index in [1.807, 2.05) is 24.3 Å². The van der Waals surface area contributed by atoms with E-state index < -0.39 is 30.7 Å². The molecule has 0 unspecified atom stereocenters. The summed E-state index contributed by atoms with van der Waals surface area (Å²) in [7, 11) is 0. The highest BCUT2D eigenvalue weighted by Crippen LogP contribution is 2.43. The summed E-state index contributed by atoms with van der Waals surface area (Å²) in [6.07, 6.45) is -3.84. The standard InChI is InChI=1S/C23H24F3N5O3S/c1-11-16(20-30-13-6-4-5-7-15(13)35-20)19(31-21(28-11)27-10-23(24,25)26)29-14-8-12(9-32)17-18(14)34-22(2,3)33-17/h4-7,9,14,17-18,32H,8,10H2,1-3H3,(H2,27,28,29,31)/b12-9-/t14-,17-,18+/m1/s1. The number of fused-ring (bicyclic) bond motifs is 2. The summed E-state index contributed by atoms with van der Waals surface area (Å²) in [4.78, 5) is 13.4. The Labute approximate surface area is 203 Å². The Morgan fingerprint density at radius 1 is 1.20 bits per heavy atom. The molecule has 3 N–H and O–H groups in total. The molecule has 0 spiro atoms. The molecule has 3 aromatic rings. The molecule has 12 heteroatoms. The van der Waals surface area contributed by atoms with Crippen LogP contribution in [0.15, 0.2) is 36.1 Å². The lowest BCUT2D eigenvalue weighted by atomic mass is 10.1. The minimum absolute atomic E-state index is 0.149. The Kier molecular flexibility index (Phi) is 5.85. The number of halogens is 3. The number of hydrogen-bond acceptors (Lipinski definition) is 9. The largest absolute Gasteiger partial charge is 0.516 e. The third kappa shape index (κ3) is 4.78. The van der Waals surface area contributed by atoms with Crippen LogP contribution < -0.4 is 10.6 Å². The number of thiazole rings is 1. The zero-order chi connectivity index (χ0) is 25.0. The normalized spacial score (nSPS) is 24.7. The molecule has 3 heterocycles. The monoisotopic (exact) mass is 507 g/mol. The van der Waals surface area contributed by atoms with Gasteiger partial charge in [0, 0.05) is 0 Å². The van der Waals surface area contributed by atoms with Crippen LogP contribution in [0, 0.1) is 6.92 Å². The van der Waals surface area contributed by atoms with Gasteiger partial charge < -0.3 is 25.2 Å². The number of alkyl halides is 3. The van der Waals surface area contributed by atoms with Gasteiger partial charge in [-0.2, -0.15) is 18.2 Å². The van der Waals surface area contributed by atoms with E-state index in [0.717, 1.165) is 16.5 Å². The van der Waals surface area contributed by atoms with Gasteiger partial charge >= 0.3 is 6.18 Å². The zero-order valence-corrected chi connectivity index (χ0v) is 20.0. The Morgan fingerprint density at radius 3 is 2.69 bits per heavy atom. The SMILES string of the molecule is Cc1nc(NCC(F)(F)F)nc(N[C@@H]2C/C(=C/O)[C@H]3OC(C)(C)O[C@H]32)c1-c1nc2ccccc2s1. The van der Waals surface area contributed by atoms with Crippen LogP contribution in [-0.2, 0) is 9.47 Å². The molecule has 0 radical (unpaired) electrons. The first-order valence-corrected chi connectivity index (χ1v) is 11.9. The maximum atomic E-state index is 12.8. The van der Waals surface area contributed by atoms with Crippen LogP contribution in [-0.4, -0.2) is 56.8 Å². The summed E-state index contributed by atoms with van der Waals surface area (Å²) >= 11 is 1.45. The van der Waals surface area contributed by atoms with Gasteiger partial charge in [-0.15, -0.1) is 11.3 Å². The number of aryl methyl sites for hydroxylation is 1. The summed E-state index contributed by atoms with van der Waals surface area (Å²) in [5.41, 5.74) is 2.54. The van der Waals surface area contributed by atoms with Crippen LogP contribution in [0.1, 0.15) is 26.0 Å². The fraction of sp³-hybridized carbons (Fsp3) is 0.435. The lowest BCUT2D eigenvalue weighted by Crippen LogP contribution is -2.35. The van der Waals surface area contributed by atoms with E-state index in [9.17, 15) is 18.3 Å². The Bertz CT molecular complexity index is 1260. The molecule has 1 aromatic carbocycles. The van der Waals surface area contributed by atoms with Gasteiger partial charge in [-0.1, -0.05) is 12.1 Å². The molecule has 5 rings (SSSR count). The fourth-order valence-corrected chi connectivity index (χ4v) is 5.53. The molecular weight excluding hydrogens is 483 g/mol. The quantitative estimate of drug-likeness (QED) is 0.406. The van der Waals surface area contributed by atoms with E-state index in [1.54, 1.807) is 20.8 Å². The molecule has 1 aliphatic heterocycles. The van der Waals surface area contributed by atoms with Gasteiger partial charge in [-0.05, 0) is 44.9 Å². The zero-order valence-electron chi connectivity index (χ0n) is 19.2. The lowest BCUT2D eigenvalue weighted by Gasteiger charge is -2.24. The predicted octanol–water partition coefficient (Wildman–Crippen LogP) is 5.18. The molecule has 186 valence electrons. The Morgan fingerprint density at radius 2 is 1.97 bits per heavy atom. The number of anilines is 2. The Balaban J connectivity index is 1.55. The number of aromatic nitrogens is 3. The molecule has 1 saturated heterocycles. The van der Waals surface area contributed by atoms with Gasteiger partial charge in [0.25, 0.3) is 0 Å². The molecule has 0 amide bonds. The van der Waals surface area contributed by atoms with Crippen LogP contribution in [0.4, 0.5) is 24.9 Å². The van der Waals surface area contributed by atoms with Crippen LogP contribution >= 0.6 is 11.3 Å². The molecule has 1 aliphatic carbocycles. The third-order valence-electron chi connectivity index (χ3n) is 5.88. The molecule has 8 nitrogen and oxygen atoms in total. The van der Waals surface area contributed by atoms with Crippen molar-refractivity contribution in [3.05, 3.63) is 41.8 Å². The van der Waals surface area contributed by atoms with E-state index in [4.69, 9.17) is 14.5 Å². The number of aliphatic hydroxyl groups is 1. The molecule has 2 fully saturated rings. The number of rotatable bonds is 5. The van der Waals surface area contributed by atoms with E-state index in [1.165, 1.54) is 11.3 Å². The number of nitrogens with zero attached hydrogens (tertiary/aromatic N) is 3. The van der Waals surface area contributed by atoms with Gasteiger partial charge in [0.15, 0.2) is 5.79 Å². The lowest BCUT2D eigenvalue weighted by molar-refractivity contribution is -0.148. The highest BCUT2D eigenvalue weighted by molar-refractivity contribution is 7.21. The number of nitrogens with one attached hydrogen (secondary N) is 2. The van der Waals surface area contributed by atoms with Crippen molar-refractivity contribution in [2.75, 3.05) is 17.2 Å². The predicted molar refractivity (Wildman–Crippen MR) is 126 cm³/mol. The van der Waals surface area contributed by atoms with Crippen molar-refractivity contribution in [1.29, 1.82) is 0 Å². The molecule has 3 atom stereocenters. The number of aliphatic hydroxyl groups excluding tert-OH is 1. The average Bonchev–Trinajstić information content (AvgIpc) is 3.42. The summed E-state index contributed by atoms with van der Waals surface area (Å²) in [6.45, 7) is 4.03. The van der Waals surface area contributed by atoms with E-state index in [-0.39, 0.29) is 12.0 Å². The number of ether oxygens (including phenoxy) is 2. The first-order chi connectivity index (χ1) is 16.5. The smallest absolute Gasteiger partial charge is 0.405 e. The molecular formula is C23H24F3N5O3S. The van der Waals surface area contributed by atoms with Crippen molar-refractivity contribution >= 4 is 33.3 Å². The van der Waals surface area contributed by atoms with Gasteiger partial charge in [0.05, 0.1) is 33.8 Å². The van der Waals surface area contributed by atoms with Gasteiger partial charge in [0.2, 0.25) is 5.95 Å². The first-order valence-electron chi connectivity index (χ1n) is 11.0. The second kappa shape index (κ2) is 8.61. The van der Waals surface area contributed by atoms with Crippen molar-refractivity contribution in [1.82, 2.24) is 15.0 Å². The third-order valence-corrected chi connectivity index (χ3v) is 6.93. The average molecular weight is 508 g/mol. The number of hydrogen-bond donors (Lipinski definition) is 3. The summed E-state index contributed by atoms with van der Waals surface area (Å²) < 4.78 is 51.5. The van der Waals surface area contributed by atoms with Crippen molar-refractivity contribution in [2.24, 2.45) is 0 Å². The minimum Gasteiger partial charge on any atom is -0.516 e. The van der Waals surface area contributed by atoms with E-state index in [2.05, 4.69) is 20.6 Å². The number of para-hydroxylation sites is 1. The van der Waals surface area contributed by atoms with Crippen molar-refractivity contribution in [3.8, 4) is 10.6 Å². The summed E-state index contributed by atoms with van der Waals surface area (Å²) in [5.74, 6) is -0.665. The van der Waals surface area contributed by atoms with E-state index >= 15 is 0 Å². The van der Waals surface area contributed by atoms with E-state index in [0.29, 0.717) is 34.1 Å². The van der Waals surface area contributed by atoms with Crippen LogP contribution in [0.5, 0.6) is 0 Å². The molecule has 1 saturated carbocycles. The minimum atomic E-state index is -4.42. The van der Waals surface area contributed by atoms with Gasteiger partial charge in [0.1, 0.15) is 29.6 Å². The van der Waals surface area contributed by atoms with Crippen molar-refractivity contribution in [2.45, 2.75) is 57.4 Å². The van der Waals surface area contributed by atoms with Crippen molar-refractivity contribution in [3.63, 3.8) is 0 Å². The molecule has 0 bridgehead atoms. The summed E-state index contributed by atoms with van der Waals surface area (Å²) in [5, 5.41) is 16.0. The fourth-order valence-electron chi connectivity index (χ4n) is 4.46. The van der Waals surface area contributed by atoms with Crippen LogP contribution in [0.3, 0.4) is 0 Å². The topological polar surface area (TPSA) is 101 Å². The second-order valence-electron chi connectivity index (χ2n) is 8.99. The summed E-state index contributed by atoms with van der Waals surface area (Å²) in [6, 6.07) is 7.29. The first kappa shape index (κ1) is 23.8. The van der Waals surface area contributed by atoms with Crippen molar-refractivity contribution < 1.29 is 27.8 Å². The van der Waals surface area contributed by atoms with Crippen LogP contribution in [0.25, 0.3) is 20.8 Å². The maximum Gasteiger partial charge on any atom is 0.405 e. The van der Waals surface area contributed by atoms with Gasteiger partial charge in [-0.25, -0.2) is 9.97 Å². The highest BCUT2D eigenvalue weighted by atomic mass is 32.1. The maximum absolute atomic E-state index is 12.8. The molecule has 35 heavy (non-hydrogen) atoms. The number of benzene rings is 1. The highest BCUT2D eigenvalue weighted by Gasteiger charge is 2.52. The molecule has 2 aliphatic rings.